The number of rotatable bonds is 3. The highest BCUT2D eigenvalue weighted by atomic mass is 79.9. The van der Waals surface area contributed by atoms with Gasteiger partial charge >= 0.3 is 0 Å². The Kier molecular flexibility index (Phi) is 3.57. The highest BCUT2D eigenvalue weighted by Crippen LogP contribution is 2.37. The molecule has 1 aliphatic rings. The predicted octanol–water partition coefficient (Wildman–Crippen LogP) is 4.05. The number of amides is 1. The number of hydrogen-bond acceptors (Lipinski definition) is 1. The lowest BCUT2D eigenvalue weighted by atomic mass is 10.0. The molecule has 1 fully saturated rings. The third-order valence-electron chi connectivity index (χ3n) is 3.42. The molecule has 1 atom stereocenters. The van der Waals surface area contributed by atoms with Crippen LogP contribution in [0.15, 0.2) is 16.6 Å². The lowest BCUT2D eigenvalue weighted by Crippen LogP contribution is -2.22. The fourth-order valence-corrected chi connectivity index (χ4v) is 2.89. The molecule has 92 valence electrons. The molecule has 1 saturated carbocycles. The molecule has 0 aromatic heterocycles. The third kappa shape index (κ3) is 2.89. The third-order valence-corrected chi connectivity index (χ3v) is 4.05. The van der Waals surface area contributed by atoms with Crippen molar-refractivity contribution >= 4 is 27.5 Å². The van der Waals surface area contributed by atoms with Gasteiger partial charge in [-0.05, 0) is 65.7 Å². The number of halogens is 1. The van der Waals surface area contributed by atoms with Gasteiger partial charge in [0.15, 0.2) is 0 Å². The van der Waals surface area contributed by atoms with Crippen LogP contribution in [0.1, 0.15) is 30.9 Å². The molecule has 0 aliphatic heterocycles. The van der Waals surface area contributed by atoms with E-state index in [9.17, 15) is 4.79 Å². The van der Waals surface area contributed by atoms with Crippen molar-refractivity contribution in [3.05, 3.63) is 27.7 Å². The zero-order valence-electron chi connectivity index (χ0n) is 10.5. The molecule has 1 N–H and O–H groups in total. The van der Waals surface area contributed by atoms with E-state index in [4.69, 9.17) is 0 Å². The average molecular weight is 296 g/mol. The van der Waals surface area contributed by atoms with E-state index in [1.807, 2.05) is 19.9 Å². The average Bonchev–Trinajstić information content (AvgIpc) is 3.05. The zero-order chi connectivity index (χ0) is 12.6. The Hall–Kier alpha value is -0.830. The lowest BCUT2D eigenvalue weighted by Gasteiger charge is -2.15. The smallest absolute Gasteiger partial charge is 0.227 e. The fraction of sp³-hybridized carbons (Fsp3) is 0.500. The number of anilines is 1. The summed E-state index contributed by atoms with van der Waals surface area (Å²) in [6.45, 7) is 6.09. The van der Waals surface area contributed by atoms with E-state index in [0.717, 1.165) is 15.7 Å². The summed E-state index contributed by atoms with van der Waals surface area (Å²) in [5.74, 6) is 0.863. The number of carbonyl (C=O) groups excluding carboxylic acids is 1. The van der Waals surface area contributed by atoms with E-state index in [2.05, 4.69) is 34.2 Å². The predicted molar refractivity (Wildman–Crippen MR) is 74.1 cm³/mol. The van der Waals surface area contributed by atoms with Gasteiger partial charge in [0.1, 0.15) is 0 Å². The molecule has 0 spiro atoms. The van der Waals surface area contributed by atoms with Gasteiger partial charge in [-0.15, -0.1) is 0 Å². The highest BCUT2D eigenvalue weighted by Gasteiger charge is 2.32. The minimum absolute atomic E-state index is 0.127. The molecular formula is C14H18BrNO. The quantitative estimate of drug-likeness (QED) is 0.895. The molecule has 0 bridgehead atoms. The first-order valence-electron chi connectivity index (χ1n) is 6.06. The minimum atomic E-state index is 0.127. The van der Waals surface area contributed by atoms with Crippen LogP contribution < -0.4 is 5.32 Å². The molecule has 1 aromatic carbocycles. The monoisotopic (exact) mass is 295 g/mol. The molecule has 0 saturated heterocycles. The maximum Gasteiger partial charge on any atom is 0.227 e. The molecule has 0 radical (unpaired) electrons. The Morgan fingerprint density at radius 1 is 1.41 bits per heavy atom. The molecule has 1 unspecified atom stereocenters. The summed E-state index contributed by atoms with van der Waals surface area (Å²) in [6.07, 6.45) is 2.39. The second kappa shape index (κ2) is 4.81. The van der Waals surface area contributed by atoms with Crippen LogP contribution in [0.4, 0.5) is 5.69 Å². The van der Waals surface area contributed by atoms with Gasteiger partial charge in [-0.3, -0.25) is 4.79 Å². The van der Waals surface area contributed by atoms with Crippen LogP contribution in [-0.2, 0) is 4.79 Å². The topological polar surface area (TPSA) is 29.1 Å². The Labute approximate surface area is 111 Å². The van der Waals surface area contributed by atoms with E-state index in [1.165, 1.54) is 18.4 Å². The van der Waals surface area contributed by atoms with Crippen molar-refractivity contribution in [1.29, 1.82) is 0 Å². The first-order chi connectivity index (χ1) is 7.99. The summed E-state index contributed by atoms with van der Waals surface area (Å²) < 4.78 is 0.964. The standard InChI is InChI=1S/C14H18BrNO/c1-8-6-9(2)13(12(15)7-8)16-14(17)10(3)11-4-5-11/h6-7,10-11H,4-5H2,1-3H3,(H,16,17). The van der Waals surface area contributed by atoms with Crippen molar-refractivity contribution in [1.82, 2.24) is 0 Å². The van der Waals surface area contributed by atoms with Crippen molar-refractivity contribution in [2.75, 3.05) is 5.32 Å². The van der Waals surface area contributed by atoms with Crippen molar-refractivity contribution in [2.24, 2.45) is 11.8 Å². The summed E-state index contributed by atoms with van der Waals surface area (Å²) in [4.78, 5) is 12.1. The Bertz CT molecular complexity index is 429. The van der Waals surface area contributed by atoms with Gasteiger partial charge < -0.3 is 5.32 Å². The van der Waals surface area contributed by atoms with Crippen LogP contribution in [0.25, 0.3) is 0 Å². The van der Waals surface area contributed by atoms with Gasteiger partial charge in [-0.25, -0.2) is 0 Å². The number of benzene rings is 1. The zero-order valence-corrected chi connectivity index (χ0v) is 12.1. The van der Waals surface area contributed by atoms with Gasteiger partial charge in [0.2, 0.25) is 5.91 Å². The lowest BCUT2D eigenvalue weighted by molar-refractivity contribution is -0.119. The number of carbonyl (C=O) groups is 1. The van der Waals surface area contributed by atoms with Gasteiger partial charge in [-0.2, -0.15) is 0 Å². The summed E-state index contributed by atoms with van der Waals surface area (Å²) in [5, 5.41) is 3.04. The number of hydrogen-bond donors (Lipinski definition) is 1. The summed E-state index contributed by atoms with van der Waals surface area (Å²) in [6, 6.07) is 4.12. The van der Waals surface area contributed by atoms with Gasteiger partial charge in [-0.1, -0.05) is 13.0 Å². The van der Waals surface area contributed by atoms with Crippen molar-refractivity contribution in [3.63, 3.8) is 0 Å². The minimum Gasteiger partial charge on any atom is -0.325 e. The van der Waals surface area contributed by atoms with Crippen molar-refractivity contribution < 1.29 is 4.79 Å². The fourth-order valence-electron chi connectivity index (χ4n) is 2.12. The van der Waals surface area contributed by atoms with Gasteiger partial charge in [0.25, 0.3) is 0 Å². The Morgan fingerprint density at radius 3 is 2.59 bits per heavy atom. The van der Waals surface area contributed by atoms with Crippen LogP contribution in [0.3, 0.4) is 0 Å². The van der Waals surface area contributed by atoms with E-state index in [-0.39, 0.29) is 11.8 Å². The first-order valence-corrected chi connectivity index (χ1v) is 6.86. The molecule has 1 aromatic rings. The van der Waals surface area contributed by atoms with E-state index in [1.54, 1.807) is 0 Å². The van der Waals surface area contributed by atoms with Crippen LogP contribution in [0, 0.1) is 25.7 Å². The maximum absolute atomic E-state index is 12.1. The molecule has 2 nitrogen and oxygen atoms in total. The Balaban J connectivity index is 2.15. The normalized spacial score (nSPS) is 16.7. The van der Waals surface area contributed by atoms with Crippen molar-refractivity contribution in [3.8, 4) is 0 Å². The molecule has 0 heterocycles. The second-order valence-corrected chi connectivity index (χ2v) is 5.91. The second-order valence-electron chi connectivity index (χ2n) is 5.05. The van der Waals surface area contributed by atoms with Crippen molar-refractivity contribution in [2.45, 2.75) is 33.6 Å². The first kappa shape index (κ1) is 12.6. The summed E-state index contributed by atoms with van der Waals surface area (Å²) >= 11 is 3.51. The molecule has 17 heavy (non-hydrogen) atoms. The molecule has 1 aliphatic carbocycles. The van der Waals surface area contributed by atoms with Crippen LogP contribution in [-0.4, -0.2) is 5.91 Å². The van der Waals surface area contributed by atoms with Gasteiger partial charge in [0.05, 0.1) is 5.69 Å². The largest absolute Gasteiger partial charge is 0.325 e. The van der Waals surface area contributed by atoms with E-state index < -0.39 is 0 Å². The summed E-state index contributed by atoms with van der Waals surface area (Å²) in [7, 11) is 0. The number of aryl methyl sites for hydroxylation is 2. The summed E-state index contributed by atoms with van der Waals surface area (Å²) in [5.41, 5.74) is 3.21. The van der Waals surface area contributed by atoms with Crippen LogP contribution in [0.5, 0.6) is 0 Å². The molecule has 3 heteroatoms. The molecular weight excluding hydrogens is 278 g/mol. The highest BCUT2D eigenvalue weighted by molar-refractivity contribution is 9.10. The van der Waals surface area contributed by atoms with E-state index >= 15 is 0 Å². The van der Waals surface area contributed by atoms with Gasteiger partial charge in [0, 0.05) is 10.4 Å². The van der Waals surface area contributed by atoms with Crippen LogP contribution >= 0.6 is 15.9 Å². The SMILES string of the molecule is Cc1cc(C)c(NC(=O)C(C)C2CC2)c(Br)c1. The molecule has 1 amide bonds. The van der Waals surface area contributed by atoms with E-state index in [0.29, 0.717) is 5.92 Å². The molecule has 2 rings (SSSR count). The van der Waals surface area contributed by atoms with Crippen LogP contribution in [0.2, 0.25) is 0 Å². The Morgan fingerprint density at radius 2 is 2.06 bits per heavy atom. The number of nitrogens with one attached hydrogen (secondary N) is 1. The maximum atomic E-state index is 12.1.